The average Bonchev–Trinajstić information content (AvgIpc) is 3.17. The van der Waals surface area contributed by atoms with Crippen molar-refractivity contribution in [3.8, 4) is 22.6 Å². The lowest BCUT2D eigenvalue weighted by Gasteiger charge is -2.40. The molecule has 0 heterocycles. The highest BCUT2D eigenvalue weighted by atomic mass is 16.5. The van der Waals surface area contributed by atoms with Crippen molar-refractivity contribution in [1.82, 2.24) is 0 Å². The van der Waals surface area contributed by atoms with Crippen molar-refractivity contribution in [3.63, 3.8) is 0 Å². The third-order valence-corrected chi connectivity index (χ3v) is 7.01. The van der Waals surface area contributed by atoms with Gasteiger partial charge in [0.1, 0.15) is 24.7 Å². The predicted octanol–water partition coefficient (Wildman–Crippen LogP) is 4.70. The van der Waals surface area contributed by atoms with Gasteiger partial charge in [-0.1, -0.05) is 60.7 Å². The fourth-order valence-corrected chi connectivity index (χ4v) is 5.84. The summed E-state index contributed by atoms with van der Waals surface area (Å²) < 4.78 is 11.5. The van der Waals surface area contributed by atoms with Gasteiger partial charge in [-0.3, -0.25) is 0 Å². The van der Waals surface area contributed by atoms with Gasteiger partial charge in [-0.15, -0.1) is 0 Å². The zero-order valence-corrected chi connectivity index (χ0v) is 18.8. The van der Waals surface area contributed by atoms with Gasteiger partial charge in [0.05, 0.1) is 18.6 Å². The van der Waals surface area contributed by atoms with E-state index in [1.165, 1.54) is 44.5 Å². The van der Waals surface area contributed by atoms with Crippen LogP contribution in [-0.4, -0.2) is 36.6 Å². The van der Waals surface area contributed by atoms with Crippen LogP contribution in [0.2, 0.25) is 0 Å². The van der Waals surface area contributed by atoms with Crippen molar-refractivity contribution in [2.45, 2.75) is 11.8 Å². The molecule has 34 heavy (non-hydrogen) atoms. The zero-order valence-electron chi connectivity index (χ0n) is 18.8. The summed E-state index contributed by atoms with van der Waals surface area (Å²) in [6.45, 7) is 0.503. The molecule has 0 radical (unpaired) electrons. The molecule has 0 atom stereocenters. The van der Waals surface area contributed by atoms with Gasteiger partial charge in [-0.05, 0) is 75.2 Å². The summed E-state index contributed by atoms with van der Waals surface area (Å²) in [6.07, 6.45) is 0.753. The maximum Gasteiger partial charge on any atom is 0.119 e. The van der Waals surface area contributed by atoms with Gasteiger partial charge in [0.15, 0.2) is 0 Å². The number of fused-ring (bicyclic) bond motifs is 9. The number of benzene rings is 4. The normalized spacial score (nSPS) is 14.2. The summed E-state index contributed by atoms with van der Waals surface area (Å²) in [4.78, 5) is 0. The minimum atomic E-state index is -0.429. The van der Waals surface area contributed by atoms with Gasteiger partial charge in [0, 0.05) is 0 Å². The van der Waals surface area contributed by atoms with E-state index in [-0.39, 0.29) is 26.4 Å². The monoisotopic (exact) mass is 450 g/mol. The van der Waals surface area contributed by atoms with Gasteiger partial charge >= 0.3 is 0 Å². The molecule has 0 unspecified atom stereocenters. The second-order valence-electron chi connectivity index (χ2n) is 8.80. The quantitative estimate of drug-likeness (QED) is 0.386. The summed E-state index contributed by atoms with van der Waals surface area (Å²) in [7, 11) is 0. The van der Waals surface area contributed by atoms with Crippen molar-refractivity contribution in [2.24, 2.45) is 0 Å². The molecule has 2 aliphatic carbocycles. The first kappa shape index (κ1) is 21.0. The van der Waals surface area contributed by atoms with Crippen molar-refractivity contribution in [2.75, 3.05) is 26.4 Å². The van der Waals surface area contributed by atoms with E-state index in [9.17, 15) is 10.2 Å². The first-order valence-corrected chi connectivity index (χ1v) is 11.7. The van der Waals surface area contributed by atoms with Crippen molar-refractivity contribution < 1.29 is 19.7 Å². The predicted molar refractivity (Wildman–Crippen MR) is 132 cm³/mol. The lowest BCUT2D eigenvalue weighted by molar-refractivity contribution is 0.201. The standard InChI is InChI=1S/C30H26O4/c31-13-15-33-22-9-11-26-20(18-22)17-21-19-23(34-16-14-32)10-12-27(21)30(26)28-7-3-1-5-24(28)25-6-2-4-8-29(25)30/h1-12,18-19,31-32H,13-17H2. The fraction of sp³-hybridized carbons (Fsp3) is 0.200. The second kappa shape index (κ2) is 8.32. The van der Waals surface area contributed by atoms with Crippen LogP contribution in [0, 0.1) is 0 Å². The third-order valence-electron chi connectivity index (χ3n) is 7.01. The highest BCUT2D eigenvalue weighted by Crippen LogP contribution is 2.59. The van der Waals surface area contributed by atoms with Crippen LogP contribution >= 0.6 is 0 Å². The fourth-order valence-electron chi connectivity index (χ4n) is 5.84. The molecule has 0 aliphatic heterocycles. The van der Waals surface area contributed by atoms with Crippen molar-refractivity contribution in [1.29, 1.82) is 0 Å². The lowest BCUT2D eigenvalue weighted by atomic mass is 9.61. The molecule has 0 fully saturated rings. The molecule has 0 saturated heterocycles. The van der Waals surface area contributed by atoms with Crippen LogP contribution in [-0.2, 0) is 11.8 Å². The van der Waals surface area contributed by atoms with Crippen LogP contribution in [0.4, 0.5) is 0 Å². The summed E-state index contributed by atoms with van der Waals surface area (Å²) in [5.41, 5.74) is 9.59. The van der Waals surface area contributed by atoms with Crippen molar-refractivity contribution in [3.05, 3.63) is 118 Å². The molecule has 0 amide bonds. The first-order valence-electron chi connectivity index (χ1n) is 11.7. The molecular formula is C30H26O4. The average molecular weight is 451 g/mol. The van der Waals surface area contributed by atoms with Gasteiger partial charge in [-0.2, -0.15) is 0 Å². The molecule has 2 N–H and O–H groups in total. The number of aliphatic hydroxyl groups is 2. The minimum Gasteiger partial charge on any atom is -0.491 e. The lowest BCUT2D eigenvalue weighted by Crippen LogP contribution is -2.34. The Morgan fingerprint density at radius 2 is 1.06 bits per heavy atom. The summed E-state index contributed by atoms with van der Waals surface area (Å²) in [5, 5.41) is 18.5. The van der Waals surface area contributed by atoms with E-state index in [1.807, 2.05) is 12.1 Å². The van der Waals surface area contributed by atoms with E-state index in [0.717, 1.165) is 17.9 Å². The Morgan fingerprint density at radius 1 is 0.588 bits per heavy atom. The van der Waals surface area contributed by atoms with E-state index in [0.29, 0.717) is 0 Å². The Bertz CT molecular complexity index is 1270. The van der Waals surface area contributed by atoms with Gasteiger partial charge in [0.2, 0.25) is 0 Å². The number of ether oxygens (including phenoxy) is 2. The Labute approximate surface area is 199 Å². The summed E-state index contributed by atoms with van der Waals surface area (Å²) in [6, 6.07) is 30.0. The van der Waals surface area contributed by atoms with E-state index >= 15 is 0 Å². The van der Waals surface area contributed by atoms with Crippen LogP contribution in [0.1, 0.15) is 33.4 Å². The Morgan fingerprint density at radius 3 is 1.53 bits per heavy atom. The number of rotatable bonds is 6. The molecule has 0 aromatic heterocycles. The highest BCUT2D eigenvalue weighted by molar-refractivity contribution is 5.87. The third kappa shape index (κ3) is 2.99. The van der Waals surface area contributed by atoms with Crippen LogP contribution in [0.3, 0.4) is 0 Å². The van der Waals surface area contributed by atoms with E-state index < -0.39 is 5.41 Å². The van der Waals surface area contributed by atoms with Gasteiger partial charge in [-0.25, -0.2) is 0 Å². The molecule has 0 saturated carbocycles. The summed E-state index contributed by atoms with van der Waals surface area (Å²) >= 11 is 0. The maximum absolute atomic E-state index is 9.23. The van der Waals surface area contributed by atoms with E-state index in [4.69, 9.17) is 9.47 Å². The Kier molecular flexibility index (Phi) is 5.13. The molecule has 6 rings (SSSR count). The second-order valence-corrected chi connectivity index (χ2v) is 8.80. The molecule has 170 valence electrons. The molecule has 4 aromatic rings. The summed E-state index contributed by atoms with van der Waals surface area (Å²) in [5.74, 6) is 1.53. The Balaban J connectivity index is 1.64. The number of aliphatic hydroxyl groups excluding tert-OH is 2. The molecule has 1 spiro atoms. The number of hydrogen-bond acceptors (Lipinski definition) is 4. The van der Waals surface area contributed by atoms with Crippen LogP contribution in [0.25, 0.3) is 11.1 Å². The highest BCUT2D eigenvalue weighted by Gasteiger charge is 2.49. The smallest absolute Gasteiger partial charge is 0.119 e. The molecule has 2 aliphatic rings. The molecule has 4 aromatic carbocycles. The minimum absolute atomic E-state index is 0.0177. The Hall–Kier alpha value is -3.60. The van der Waals surface area contributed by atoms with Gasteiger partial charge < -0.3 is 19.7 Å². The zero-order chi connectivity index (χ0) is 23.1. The van der Waals surface area contributed by atoms with Crippen LogP contribution < -0.4 is 9.47 Å². The first-order chi connectivity index (χ1) is 16.8. The largest absolute Gasteiger partial charge is 0.491 e. The molecule has 0 bridgehead atoms. The van der Waals surface area contributed by atoms with E-state index in [1.54, 1.807) is 0 Å². The van der Waals surface area contributed by atoms with Crippen LogP contribution in [0.5, 0.6) is 11.5 Å². The molecule has 4 heteroatoms. The van der Waals surface area contributed by atoms with Crippen molar-refractivity contribution >= 4 is 0 Å². The van der Waals surface area contributed by atoms with E-state index in [2.05, 4.69) is 72.8 Å². The SMILES string of the molecule is OCCOc1ccc2c(c1)Cc1cc(OCCO)ccc1C21c2ccccc2-c2ccccc21. The molecular weight excluding hydrogens is 424 g/mol. The molecule has 4 nitrogen and oxygen atoms in total. The topological polar surface area (TPSA) is 58.9 Å². The van der Waals surface area contributed by atoms with Crippen LogP contribution in [0.15, 0.2) is 84.9 Å². The number of hydrogen-bond donors (Lipinski definition) is 2. The van der Waals surface area contributed by atoms with Gasteiger partial charge in [0.25, 0.3) is 0 Å². The maximum atomic E-state index is 9.23.